The molecule has 0 bridgehead atoms. The van der Waals surface area contributed by atoms with Crippen LogP contribution in [-0.2, 0) is 4.74 Å². The number of nitrogens with zero attached hydrogens (tertiary/aromatic N) is 1. The van der Waals surface area contributed by atoms with Crippen molar-refractivity contribution in [2.24, 2.45) is 0 Å². The normalized spacial score (nSPS) is 10.8. The molecule has 0 aliphatic rings. The lowest BCUT2D eigenvalue weighted by Crippen LogP contribution is -2.28. The molecule has 0 aromatic carbocycles. The molecule has 1 rings (SSSR count). The quantitative estimate of drug-likeness (QED) is 0.859. The second-order valence-corrected chi connectivity index (χ2v) is 4.76. The summed E-state index contributed by atoms with van der Waals surface area (Å²) >= 11 is 0. The Labute approximate surface area is 110 Å². The number of anilines is 1. The van der Waals surface area contributed by atoms with Gasteiger partial charge in [-0.1, -0.05) is 0 Å². The number of carbonyl (C=O) groups excluding carboxylic acids is 2. The minimum absolute atomic E-state index is 0.00467. The fourth-order valence-corrected chi connectivity index (χ4v) is 1.20. The number of pyridine rings is 1. The Balaban J connectivity index is 2.88. The van der Waals surface area contributed by atoms with Gasteiger partial charge in [-0.2, -0.15) is 0 Å². The molecule has 0 saturated heterocycles. The fourth-order valence-electron chi connectivity index (χ4n) is 1.20. The van der Waals surface area contributed by atoms with Gasteiger partial charge < -0.3 is 10.1 Å². The summed E-state index contributed by atoms with van der Waals surface area (Å²) in [7, 11) is 1.42. The maximum atomic E-state index is 13.5. The number of rotatable bonds is 2. The molecule has 0 radical (unpaired) electrons. The van der Waals surface area contributed by atoms with Crippen molar-refractivity contribution in [3.8, 4) is 0 Å². The van der Waals surface area contributed by atoms with Crippen molar-refractivity contribution >= 4 is 17.7 Å². The van der Waals surface area contributed by atoms with Crippen molar-refractivity contribution in [1.29, 1.82) is 0 Å². The highest BCUT2D eigenvalue weighted by molar-refractivity contribution is 5.94. The topological polar surface area (TPSA) is 80.3 Å². The number of halogens is 1. The van der Waals surface area contributed by atoms with E-state index in [4.69, 9.17) is 4.74 Å². The van der Waals surface area contributed by atoms with Crippen molar-refractivity contribution in [3.05, 3.63) is 23.8 Å². The molecular formula is C12H16FN3O3. The average molecular weight is 269 g/mol. The van der Waals surface area contributed by atoms with Crippen LogP contribution in [0.1, 0.15) is 31.3 Å². The first-order valence-electron chi connectivity index (χ1n) is 5.60. The SMILES string of the molecule is CNC(=O)c1cc(NC(=O)OC(C)(C)C)c(F)cn1. The van der Waals surface area contributed by atoms with E-state index < -0.39 is 23.4 Å². The van der Waals surface area contributed by atoms with E-state index in [1.54, 1.807) is 20.8 Å². The highest BCUT2D eigenvalue weighted by Crippen LogP contribution is 2.16. The molecule has 7 heteroatoms. The van der Waals surface area contributed by atoms with Crippen LogP contribution in [0.4, 0.5) is 14.9 Å². The zero-order chi connectivity index (χ0) is 14.6. The number of hydrogen-bond acceptors (Lipinski definition) is 4. The Bertz CT molecular complexity index is 497. The molecular weight excluding hydrogens is 253 g/mol. The third kappa shape index (κ3) is 4.53. The molecule has 0 aliphatic heterocycles. The van der Waals surface area contributed by atoms with Gasteiger partial charge in [0.1, 0.15) is 11.3 Å². The summed E-state index contributed by atoms with van der Waals surface area (Å²) in [5, 5.41) is 4.58. The third-order valence-corrected chi connectivity index (χ3v) is 1.95. The molecule has 0 fully saturated rings. The van der Waals surface area contributed by atoms with Crippen LogP contribution in [0, 0.1) is 5.82 Å². The molecule has 0 aliphatic carbocycles. The second kappa shape index (κ2) is 5.64. The first-order valence-corrected chi connectivity index (χ1v) is 5.60. The summed E-state index contributed by atoms with van der Waals surface area (Å²) in [4.78, 5) is 26.5. The van der Waals surface area contributed by atoms with Crippen LogP contribution >= 0.6 is 0 Å². The van der Waals surface area contributed by atoms with Crippen LogP contribution in [0.5, 0.6) is 0 Å². The second-order valence-electron chi connectivity index (χ2n) is 4.76. The van der Waals surface area contributed by atoms with Crippen molar-refractivity contribution in [2.75, 3.05) is 12.4 Å². The van der Waals surface area contributed by atoms with Crippen molar-refractivity contribution in [1.82, 2.24) is 10.3 Å². The van der Waals surface area contributed by atoms with Gasteiger partial charge in [-0.25, -0.2) is 14.2 Å². The van der Waals surface area contributed by atoms with E-state index in [1.807, 2.05) is 0 Å². The molecule has 1 aromatic heterocycles. The van der Waals surface area contributed by atoms with Gasteiger partial charge in [-0.05, 0) is 26.8 Å². The monoisotopic (exact) mass is 269 g/mol. The van der Waals surface area contributed by atoms with Crippen LogP contribution in [-0.4, -0.2) is 29.6 Å². The Hall–Kier alpha value is -2.18. The minimum Gasteiger partial charge on any atom is -0.444 e. The van der Waals surface area contributed by atoms with Crippen LogP contribution in [0.2, 0.25) is 0 Å². The van der Waals surface area contributed by atoms with E-state index in [2.05, 4.69) is 15.6 Å². The van der Waals surface area contributed by atoms with Crippen molar-refractivity contribution in [3.63, 3.8) is 0 Å². The van der Waals surface area contributed by atoms with Crippen LogP contribution in [0.15, 0.2) is 12.3 Å². The van der Waals surface area contributed by atoms with Gasteiger partial charge in [0.05, 0.1) is 11.9 Å². The standard InChI is InChI=1S/C12H16FN3O3/c1-12(2,3)19-11(18)16-8-5-9(10(17)14-4)15-6-7(8)13/h5-6H,1-4H3,(H,14,17)(H,15,16,18). The van der Waals surface area contributed by atoms with E-state index in [-0.39, 0.29) is 11.4 Å². The summed E-state index contributed by atoms with van der Waals surface area (Å²) in [5.41, 5.74) is -0.866. The zero-order valence-electron chi connectivity index (χ0n) is 11.2. The number of nitrogens with one attached hydrogen (secondary N) is 2. The molecule has 6 nitrogen and oxygen atoms in total. The lowest BCUT2D eigenvalue weighted by atomic mass is 10.2. The van der Waals surface area contributed by atoms with Crippen LogP contribution in [0.3, 0.4) is 0 Å². The molecule has 2 N–H and O–H groups in total. The number of ether oxygens (including phenoxy) is 1. The third-order valence-electron chi connectivity index (χ3n) is 1.95. The number of hydrogen-bond donors (Lipinski definition) is 2. The Kier molecular flexibility index (Phi) is 4.42. The smallest absolute Gasteiger partial charge is 0.412 e. The van der Waals surface area contributed by atoms with Crippen LogP contribution in [0.25, 0.3) is 0 Å². The van der Waals surface area contributed by atoms with E-state index in [0.29, 0.717) is 0 Å². The maximum Gasteiger partial charge on any atom is 0.412 e. The Morgan fingerprint density at radius 1 is 1.37 bits per heavy atom. The first kappa shape index (κ1) is 14.9. The summed E-state index contributed by atoms with van der Waals surface area (Å²) in [6.45, 7) is 5.06. The highest BCUT2D eigenvalue weighted by atomic mass is 19.1. The maximum absolute atomic E-state index is 13.5. The number of aromatic nitrogens is 1. The number of amides is 2. The molecule has 0 saturated carbocycles. The molecule has 2 amide bonds. The van der Waals surface area contributed by atoms with Crippen molar-refractivity contribution < 1.29 is 18.7 Å². The van der Waals surface area contributed by atoms with Gasteiger partial charge in [0, 0.05) is 7.05 Å². The molecule has 0 unspecified atom stereocenters. The lowest BCUT2D eigenvalue weighted by Gasteiger charge is -2.19. The molecule has 0 atom stereocenters. The minimum atomic E-state index is -0.805. The molecule has 104 valence electrons. The van der Waals surface area contributed by atoms with Gasteiger partial charge in [0.15, 0.2) is 5.82 Å². The summed E-state index contributed by atoms with van der Waals surface area (Å²) in [5.74, 6) is -1.23. The largest absolute Gasteiger partial charge is 0.444 e. The average Bonchev–Trinajstić information content (AvgIpc) is 2.28. The van der Waals surface area contributed by atoms with Crippen LogP contribution < -0.4 is 10.6 Å². The van der Waals surface area contributed by atoms with Gasteiger partial charge in [0.25, 0.3) is 5.91 Å². The summed E-state index contributed by atoms with van der Waals surface area (Å²) in [6, 6.07) is 1.14. The van der Waals surface area contributed by atoms with E-state index in [9.17, 15) is 14.0 Å². The number of carbonyl (C=O) groups is 2. The Morgan fingerprint density at radius 3 is 2.53 bits per heavy atom. The lowest BCUT2D eigenvalue weighted by molar-refractivity contribution is 0.0634. The van der Waals surface area contributed by atoms with E-state index >= 15 is 0 Å². The van der Waals surface area contributed by atoms with Gasteiger partial charge in [-0.3, -0.25) is 10.1 Å². The zero-order valence-corrected chi connectivity index (χ0v) is 11.2. The van der Waals surface area contributed by atoms with E-state index in [0.717, 1.165) is 12.3 Å². The molecule has 19 heavy (non-hydrogen) atoms. The van der Waals surface area contributed by atoms with Crippen molar-refractivity contribution in [2.45, 2.75) is 26.4 Å². The molecule has 1 aromatic rings. The van der Waals surface area contributed by atoms with Gasteiger partial charge >= 0.3 is 6.09 Å². The van der Waals surface area contributed by atoms with Gasteiger partial charge in [-0.15, -0.1) is 0 Å². The van der Waals surface area contributed by atoms with Gasteiger partial charge in [0.2, 0.25) is 0 Å². The Morgan fingerprint density at radius 2 is 2.00 bits per heavy atom. The van der Waals surface area contributed by atoms with E-state index in [1.165, 1.54) is 7.05 Å². The predicted octanol–water partition coefficient (Wildman–Crippen LogP) is 1.93. The molecule has 1 heterocycles. The summed E-state index contributed by atoms with van der Waals surface area (Å²) in [6.07, 6.45) is 0.0533. The summed E-state index contributed by atoms with van der Waals surface area (Å²) < 4.78 is 18.5. The molecule has 0 spiro atoms. The predicted molar refractivity (Wildman–Crippen MR) is 67.4 cm³/mol. The highest BCUT2D eigenvalue weighted by Gasteiger charge is 2.18. The first-order chi connectivity index (χ1) is 8.73. The fraction of sp³-hybridized carbons (Fsp3) is 0.417.